The molecule has 0 atom stereocenters. The van der Waals surface area contributed by atoms with Crippen molar-refractivity contribution in [2.24, 2.45) is 0 Å². The van der Waals surface area contributed by atoms with Gasteiger partial charge >= 0.3 is 0 Å². The number of nitriles is 2. The fourth-order valence-electron chi connectivity index (χ4n) is 6.49. The second kappa shape index (κ2) is 9.45. The molecule has 5 heteroatoms. The van der Waals surface area contributed by atoms with Gasteiger partial charge in [0, 0.05) is 27.1 Å². The topological polar surface area (TPSA) is 57.4 Å². The fraction of sp³-hybridized carbons (Fsp3) is 0. The Morgan fingerprint density at radius 1 is 0.488 bits per heavy atom. The summed E-state index contributed by atoms with van der Waals surface area (Å²) >= 11 is 0. The van der Waals surface area contributed by atoms with Crippen molar-refractivity contribution in [3.8, 4) is 34.6 Å². The zero-order valence-corrected chi connectivity index (χ0v) is 22.8. The number of rotatable bonds is 3. The standard InChI is InChI=1S/C38H21FN4/c39-31-19-17-25(22-40)37(38(31)43-35-15-7-3-11-29(35)30-12-4-8-16-36(30)43)24-18-20-32(26(21-24)23-41)42-33-13-5-1-9-27(33)28-10-2-6-14-34(28)42/h1-21H. The van der Waals surface area contributed by atoms with Crippen molar-refractivity contribution < 1.29 is 4.39 Å². The van der Waals surface area contributed by atoms with E-state index < -0.39 is 5.82 Å². The molecule has 2 aromatic heterocycles. The van der Waals surface area contributed by atoms with Crippen molar-refractivity contribution in [3.63, 3.8) is 0 Å². The largest absolute Gasteiger partial charge is 0.308 e. The van der Waals surface area contributed by atoms with Gasteiger partial charge in [-0.25, -0.2) is 4.39 Å². The van der Waals surface area contributed by atoms with Gasteiger partial charge in [0.1, 0.15) is 11.9 Å². The van der Waals surface area contributed by atoms with Crippen LogP contribution in [-0.2, 0) is 0 Å². The van der Waals surface area contributed by atoms with Crippen LogP contribution in [0.4, 0.5) is 4.39 Å². The predicted octanol–water partition coefficient (Wildman–Crippen LogP) is 9.43. The van der Waals surface area contributed by atoms with E-state index in [1.165, 1.54) is 12.1 Å². The van der Waals surface area contributed by atoms with E-state index in [1.807, 2.05) is 102 Å². The molecule has 200 valence electrons. The lowest BCUT2D eigenvalue weighted by atomic mass is 9.95. The molecule has 0 fully saturated rings. The van der Waals surface area contributed by atoms with Gasteiger partial charge in [0.15, 0.2) is 0 Å². The Bertz CT molecular complexity index is 2390. The average molecular weight is 553 g/mol. The van der Waals surface area contributed by atoms with Gasteiger partial charge in [0.05, 0.1) is 50.6 Å². The number of nitrogens with zero attached hydrogens (tertiary/aromatic N) is 4. The maximum absolute atomic E-state index is 16.1. The van der Waals surface area contributed by atoms with Gasteiger partial charge < -0.3 is 9.13 Å². The van der Waals surface area contributed by atoms with E-state index in [1.54, 1.807) is 6.07 Å². The van der Waals surface area contributed by atoms with Gasteiger partial charge in [0.2, 0.25) is 0 Å². The molecular weight excluding hydrogens is 531 g/mol. The molecule has 6 aromatic carbocycles. The lowest BCUT2D eigenvalue weighted by Crippen LogP contribution is -2.04. The highest BCUT2D eigenvalue weighted by atomic mass is 19.1. The second-order valence-electron chi connectivity index (χ2n) is 10.5. The number of benzene rings is 6. The lowest BCUT2D eigenvalue weighted by Gasteiger charge is -2.18. The smallest absolute Gasteiger partial charge is 0.147 e. The third kappa shape index (κ3) is 3.53. The summed E-state index contributed by atoms with van der Waals surface area (Å²) in [5.41, 5.74) is 6.43. The molecule has 0 saturated heterocycles. The summed E-state index contributed by atoms with van der Waals surface area (Å²) in [5, 5.41) is 24.8. The molecule has 8 aromatic rings. The molecule has 0 saturated carbocycles. The summed E-state index contributed by atoms with van der Waals surface area (Å²) in [7, 11) is 0. The molecule has 0 amide bonds. The van der Waals surface area contributed by atoms with Gasteiger partial charge in [-0.3, -0.25) is 0 Å². The molecular formula is C38H21FN4. The fourth-order valence-corrected chi connectivity index (χ4v) is 6.49. The number of hydrogen-bond donors (Lipinski definition) is 0. The number of aromatic nitrogens is 2. The Hall–Kier alpha value is -6.17. The van der Waals surface area contributed by atoms with Crippen LogP contribution in [0.15, 0.2) is 127 Å². The molecule has 0 N–H and O–H groups in total. The zero-order valence-electron chi connectivity index (χ0n) is 22.8. The van der Waals surface area contributed by atoms with E-state index in [0.717, 1.165) is 49.3 Å². The van der Waals surface area contributed by atoms with Crippen molar-refractivity contribution in [1.82, 2.24) is 9.13 Å². The lowest BCUT2D eigenvalue weighted by molar-refractivity contribution is 0.621. The molecule has 0 radical (unpaired) electrons. The van der Waals surface area contributed by atoms with E-state index in [2.05, 4.69) is 28.8 Å². The molecule has 8 rings (SSSR count). The SMILES string of the molecule is N#Cc1cc(-c2c(C#N)ccc(F)c2-n2c3ccccc3c3ccccc32)ccc1-n1c2ccccc2c2ccccc21. The minimum absolute atomic E-state index is 0.282. The molecule has 2 heterocycles. The van der Waals surface area contributed by atoms with E-state index in [0.29, 0.717) is 22.3 Å². The molecule has 0 unspecified atom stereocenters. The number of halogens is 1. The van der Waals surface area contributed by atoms with Gasteiger partial charge in [-0.1, -0.05) is 78.9 Å². The van der Waals surface area contributed by atoms with Crippen LogP contribution in [-0.4, -0.2) is 9.13 Å². The highest BCUT2D eigenvalue weighted by Crippen LogP contribution is 2.40. The summed E-state index contributed by atoms with van der Waals surface area (Å²) < 4.78 is 20.1. The molecule has 43 heavy (non-hydrogen) atoms. The van der Waals surface area contributed by atoms with Crippen molar-refractivity contribution in [3.05, 3.63) is 144 Å². The van der Waals surface area contributed by atoms with Crippen LogP contribution >= 0.6 is 0 Å². The molecule has 4 nitrogen and oxygen atoms in total. The van der Waals surface area contributed by atoms with Crippen LogP contribution in [0.1, 0.15) is 11.1 Å². The summed E-state index contributed by atoms with van der Waals surface area (Å²) in [6.45, 7) is 0. The van der Waals surface area contributed by atoms with Gasteiger partial charge in [-0.15, -0.1) is 0 Å². The number of para-hydroxylation sites is 4. The molecule has 0 aliphatic rings. The maximum Gasteiger partial charge on any atom is 0.147 e. The quantitative estimate of drug-likeness (QED) is 0.219. The second-order valence-corrected chi connectivity index (χ2v) is 10.5. The number of hydrogen-bond acceptors (Lipinski definition) is 2. The Labute approximate surface area is 246 Å². The Morgan fingerprint density at radius 2 is 0.953 bits per heavy atom. The predicted molar refractivity (Wildman–Crippen MR) is 170 cm³/mol. The Kier molecular flexibility index (Phi) is 5.41. The van der Waals surface area contributed by atoms with Crippen LogP contribution in [0.2, 0.25) is 0 Å². The molecule has 0 aliphatic carbocycles. The summed E-state index contributed by atoms with van der Waals surface area (Å²) in [6.07, 6.45) is 0. The molecule has 0 bridgehead atoms. The summed E-state index contributed by atoms with van der Waals surface area (Å²) in [6, 6.07) is 45.1. The summed E-state index contributed by atoms with van der Waals surface area (Å²) in [5.74, 6) is -0.453. The highest BCUT2D eigenvalue weighted by molar-refractivity contribution is 6.11. The van der Waals surface area contributed by atoms with E-state index in [-0.39, 0.29) is 5.69 Å². The monoisotopic (exact) mass is 552 g/mol. The van der Waals surface area contributed by atoms with Crippen molar-refractivity contribution in [2.45, 2.75) is 0 Å². The van der Waals surface area contributed by atoms with Crippen LogP contribution in [0, 0.1) is 28.5 Å². The normalized spacial score (nSPS) is 11.3. The van der Waals surface area contributed by atoms with Crippen molar-refractivity contribution in [1.29, 1.82) is 10.5 Å². The molecule has 0 aliphatic heterocycles. The van der Waals surface area contributed by atoms with E-state index in [9.17, 15) is 10.5 Å². The van der Waals surface area contributed by atoms with E-state index in [4.69, 9.17) is 0 Å². The van der Waals surface area contributed by atoms with Crippen LogP contribution in [0.25, 0.3) is 66.1 Å². The van der Waals surface area contributed by atoms with Gasteiger partial charge in [-0.2, -0.15) is 10.5 Å². The number of fused-ring (bicyclic) bond motifs is 6. The van der Waals surface area contributed by atoms with Crippen LogP contribution < -0.4 is 0 Å². The average Bonchev–Trinajstić information content (AvgIpc) is 3.57. The third-order valence-corrected chi connectivity index (χ3v) is 8.28. The van der Waals surface area contributed by atoms with Gasteiger partial charge in [-0.05, 0) is 54.1 Å². The van der Waals surface area contributed by atoms with Crippen LogP contribution in [0.5, 0.6) is 0 Å². The zero-order chi connectivity index (χ0) is 29.1. The summed E-state index contributed by atoms with van der Waals surface area (Å²) in [4.78, 5) is 0. The third-order valence-electron chi connectivity index (χ3n) is 8.28. The Morgan fingerprint density at radius 3 is 1.44 bits per heavy atom. The first-order valence-electron chi connectivity index (χ1n) is 13.9. The highest BCUT2D eigenvalue weighted by Gasteiger charge is 2.23. The van der Waals surface area contributed by atoms with Crippen molar-refractivity contribution >= 4 is 43.6 Å². The first-order chi connectivity index (χ1) is 21.2. The van der Waals surface area contributed by atoms with Crippen LogP contribution in [0.3, 0.4) is 0 Å². The maximum atomic E-state index is 16.1. The van der Waals surface area contributed by atoms with Gasteiger partial charge in [0.25, 0.3) is 0 Å². The van der Waals surface area contributed by atoms with E-state index >= 15 is 4.39 Å². The first-order valence-corrected chi connectivity index (χ1v) is 13.9. The Balaban J connectivity index is 1.43. The minimum atomic E-state index is -0.453. The van der Waals surface area contributed by atoms with Crippen molar-refractivity contribution in [2.75, 3.05) is 0 Å². The molecule has 0 spiro atoms. The first kappa shape index (κ1) is 24.6. The minimum Gasteiger partial charge on any atom is -0.308 e.